The number of ketones is 1. The highest BCUT2D eigenvalue weighted by atomic mass is 32.1. The first-order chi connectivity index (χ1) is 16.2. The minimum Gasteiger partial charge on any atom is -0.490 e. The van der Waals surface area contributed by atoms with Crippen molar-refractivity contribution < 1.29 is 14.3 Å². The molecule has 6 heteroatoms. The molecule has 0 saturated heterocycles. The number of carbonyl (C=O) groups excluding carboxylic acids is 1. The standard InChI is InChI=1S/C27H28N2O3S/c1-3-31-23-12-11-17(16-24(23)32-4-2)27-26-21(28-19-8-5-6-9-20(19)29-27)14-18(15-22(26)30)25-10-7-13-33-25/h5-13,16,18,27-29H,3-4,14-15H2,1-2H3. The number of carbonyl (C=O) groups is 1. The average molecular weight is 461 g/mol. The first kappa shape index (κ1) is 21.6. The Morgan fingerprint density at radius 3 is 2.48 bits per heavy atom. The summed E-state index contributed by atoms with van der Waals surface area (Å²) in [4.78, 5) is 14.9. The number of thiophene rings is 1. The summed E-state index contributed by atoms with van der Waals surface area (Å²) in [5.74, 6) is 1.80. The molecule has 2 atom stereocenters. The van der Waals surface area contributed by atoms with E-state index in [1.54, 1.807) is 11.3 Å². The Labute approximate surface area is 198 Å². The van der Waals surface area contributed by atoms with Crippen LogP contribution in [0, 0.1) is 0 Å². The molecule has 0 amide bonds. The van der Waals surface area contributed by atoms with Crippen molar-refractivity contribution in [2.24, 2.45) is 0 Å². The Kier molecular flexibility index (Phi) is 6.09. The van der Waals surface area contributed by atoms with E-state index in [0.29, 0.717) is 25.4 Å². The van der Waals surface area contributed by atoms with E-state index in [9.17, 15) is 4.79 Å². The molecule has 2 N–H and O–H groups in total. The van der Waals surface area contributed by atoms with Gasteiger partial charge in [0.2, 0.25) is 0 Å². The monoisotopic (exact) mass is 460 g/mol. The summed E-state index contributed by atoms with van der Waals surface area (Å²) in [5.41, 5.74) is 4.76. The summed E-state index contributed by atoms with van der Waals surface area (Å²) < 4.78 is 11.6. The number of hydrogen-bond donors (Lipinski definition) is 2. The maximum absolute atomic E-state index is 13.6. The zero-order valence-corrected chi connectivity index (χ0v) is 19.7. The normalized spacial score (nSPS) is 19.6. The fourth-order valence-electron chi connectivity index (χ4n) is 4.71. The van der Waals surface area contributed by atoms with Crippen molar-refractivity contribution in [2.75, 3.05) is 23.8 Å². The molecule has 1 aromatic heterocycles. The van der Waals surface area contributed by atoms with Gasteiger partial charge in [-0.1, -0.05) is 24.3 Å². The van der Waals surface area contributed by atoms with Crippen LogP contribution in [0.4, 0.5) is 11.4 Å². The summed E-state index contributed by atoms with van der Waals surface area (Å²) in [6.07, 6.45) is 1.33. The highest BCUT2D eigenvalue weighted by Crippen LogP contribution is 2.45. The molecule has 5 nitrogen and oxygen atoms in total. The van der Waals surface area contributed by atoms with Crippen molar-refractivity contribution in [3.05, 3.63) is 81.7 Å². The molecule has 0 saturated carbocycles. The number of allylic oxidation sites excluding steroid dienone is 1. The molecule has 2 aromatic carbocycles. The van der Waals surface area contributed by atoms with Crippen LogP contribution in [-0.2, 0) is 4.79 Å². The molecule has 0 spiro atoms. The predicted octanol–water partition coefficient (Wildman–Crippen LogP) is 6.53. The van der Waals surface area contributed by atoms with Crippen LogP contribution in [0.3, 0.4) is 0 Å². The van der Waals surface area contributed by atoms with Crippen molar-refractivity contribution >= 4 is 28.5 Å². The van der Waals surface area contributed by atoms with E-state index in [-0.39, 0.29) is 17.7 Å². The molecule has 0 bridgehead atoms. The summed E-state index contributed by atoms with van der Waals surface area (Å²) in [5, 5.41) is 9.32. The Balaban J connectivity index is 1.60. The fourth-order valence-corrected chi connectivity index (χ4v) is 5.54. The van der Waals surface area contributed by atoms with Crippen molar-refractivity contribution in [1.82, 2.24) is 0 Å². The fraction of sp³-hybridized carbons (Fsp3) is 0.296. The van der Waals surface area contributed by atoms with E-state index in [4.69, 9.17) is 9.47 Å². The Morgan fingerprint density at radius 2 is 1.73 bits per heavy atom. The third-order valence-corrected chi connectivity index (χ3v) is 7.19. The van der Waals surface area contributed by atoms with Crippen molar-refractivity contribution in [1.29, 1.82) is 0 Å². The van der Waals surface area contributed by atoms with E-state index in [1.807, 2.05) is 50.2 Å². The molecule has 2 unspecified atom stereocenters. The van der Waals surface area contributed by atoms with Gasteiger partial charge in [0.1, 0.15) is 0 Å². The lowest BCUT2D eigenvalue weighted by Crippen LogP contribution is -2.26. The van der Waals surface area contributed by atoms with Crippen LogP contribution in [0.25, 0.3) is 0 Å². The number of rotatable bonds is 6. The summed E-state index contributed by atoms with van der Waals surface area (Å²) in [6, 6.07) is 18.0. The number of nitrogens with one attached hydrogen (secondary N) is 2. The molecular formula is C27H28N2O3S. The van der Waals surface area contributed by atoms with Crippen LogP contribution in [0.2, 0.25) is 0 Å². The second kappa shape index (κ2) is 9.32. The Morgan fingerprint density at radius 1 is 0.939 bits per heavy atom. The quantitative estimate of drug-likeness (QED) is 0.438. The molecule has 170 valence electrons. The van der Waals surface area contributed by atoms with Gasteiger partial charge in [-0.05, 0) is 61.5 Å². The van der Waals surface area contributed by atoms with Gasteiger partial charge in [0.15, 0.2) is 17.3 Å². The molecule has 3 aromatic rings. The summed E-state index contributed by atoms with van der Waals surface area (Å²) in [6.45, 7) is 5.03. The molecule has 0 fully saturated rings. The van der Waals surface area contributed by atoms with Crippen molar-refractivity contribution in [3.63, 3.8) is 0 Å². The van der Waals surface area contributed by atoms with Crippen molar-refractivity contribution in [2.45, 2.75) is 38.6 Å². The second-order valence-corrected chi connectivity index (χ2v) is 9.24. The van der Waals surface area contributed by atoms with Gasteiger partial charge in [-0.2, -0.15) is 0 Å². The third-order valence-electron chi connectivity index (χ3n) is 6.16. The highest BCUT2D eigenvalue weighted by Gasteiger charge is 2.36. The van der Waals surface area contributed by atoms with E-state index < -0.39 is 0 Å². The van der Waals surface area contributed by atoms with Crippen LogP contribution in [-0.4, -0.2) is 19.0 Å². The van der Waals surface area contributed by atoms with Gasteiger partial charge in [0, 0.05) is 28.5 Å². The number of benzene rings is 2. The second-order valence-electron chi connectivity index (χ2n) is 8.26. The van der Waals surface area contributed by atoms with Gasteiger partial charge in [-0.25, -0.2) is 0 Å². The van der Waals surface area contributed by atoms with E-state index in [2.05, 4.69) is 34.2 Å². The maximum Gasteiger partial charge on any atom is 0.163 e. The molecule has 0 radical (unpaired) electrons. The minimum atomic E-state index is -0.275. The lowest BCUT2D eigenvalue weighted by atomic mass is 9.80. The van der Waals surface area contributed by atoms with Gasteiger partial charge in [-0.15, -0.1) is 11.3 Å². The number of fused-ring (bicyclic) bond motifs is 1. The summed E-state index contributed by atoms with van der Waals surface area (Å²) >= 11 is 1.72. The smallest absolute Gasteiger partial charge is 0.163 e. The lowest BCUT2D eigenvalue weighted by Gasteiger charge is -2.29. The third kappa shape index (κ3) is 4.23. The van der Waals surface area contributed by atoms with Gasteiger partial charge in [-0.3, -0.25) is 4.79 Å². The minimum absolute atomic E-state index is 0.180. The molecule has 2 aliphatic rings. The first-order valence-electron chi connectivity index (χ1n) is 11.5. The van der Waals surface area contributed by atoms with Gasteiger partial charge in [0.25, 0.3) is 0 Å². The van der Waals surface area contributed by atoms with Crippen LogP contribution in [0.1, 0.15) is 49.1 Å². The summed E-state index contributed by atoms with van der Waals surface area (Å²) in [7, 11) is 0. The Hall–Kier alpha value is -3.25. The van der Waals surface area contributed by atoms with Crippen LogP contribution >= 0.6 is 11.3 Å². The predicted molar refractivity (Wildman–Crippen MR) is 134 cm³/mol. The van der Waals surface area contributed by atoms with E-state index in [0.717, 1.165) is 40.4 Å². The maximum atomic E-state index is 13.6. The lowest BCUT2D eigenvalue weighted by molar-refractivity contribution is -0.116. The van der Waals surface area contributed by atoms with Crippen molar-refractivity contribution in [3.8, 4) is 11.5 Å². The number of para-hydroxylation sites is 2. The number of ether oxygens (including phenoxy) is 2. The largest absolute Gasteiger partial charge is 0.490 e. The number of anilines is 2. The van der Waals surface area contributed by atoms with Gasteiger partial charge >= 0.3 is 0 Å². The molecular weight excluding hydrogens is 432 g/mol. The number of Topliss-reactive ketones (excluding diaryl/α,β-unsaturated/α-hetero) is 1. The zero-order valence-electron chi connectivity index (χ0n) is 18.9. The molecule has 33 heavy (non-hydrogen) atoms. The zero-order chi connectivity index (χ0) is 22.8. The van der Waals surface area contributed by atoms with Crippen LogP contribution in [0.15, 0.2) is 71.2 Å². The number of hydrogen-bond acceptors (Lipinski definition) is 6. The molecule has 5 rings (SSSR count). The molecule has 1 aliphatic carbocycles. The SMILES string of the molecule is CCOc1ccc(C2Nc3ccccc3NC3=C2C(=O)CC(c2cccs2)C3)cc1OCC. The van der Waals surface area contributed by atoms with E-state index in [1.165, 1.54) is 4.88 Å². The molecule has 1 aliphatic heterocycles. The van der Waals surface area contributed by atoms with Crippen LogP contribution < -0.4 is 20.1 Å². The van der Waals surface area contributed by atoms with Crippen LogP contribution in [0.5, 0.6) is 11.5 Å². The van der Waals surface area contributed by atoms with E-state index >= 15 is 0 Å². The molecule has 2 heterocycles. The van der Waals surface area contributed by atoms with Gasteiger partial charge < -0.3 is 20.1 Å². The highest BCUT2D eigenvalue weighted by molar-refractivity contribution is 7.10. The first-order valence-corrected chi connectivity index (χ1v) is 12.4. The van der Waals surface area contributed by atoms with Gasteiger partial charge in [0.05, 0.1) is 30.6 Å². The Bertz CT molecular complexity index is 1190. The average Bonchev–Trinajstić information content (AvgIpc) is 3.30. The topological polar surface area (TPSA) is 59.6 Å².